The van der Waals surface area contributed by atoms with E-state index in [9.17, 15) is 4.79 Å². The Morgan fingerprint density at radius 2 is 1.97 bits per heavy atom. The van der Waals surface area contributed by atoms with Crippen molar-refractivity contribution in [3.63, 3.8) is 0 Å². The number of hydrogen-bond acceptors (Lipinski definition) is 8. The summed E-state index contributed by atoms with van der Waals surface area (Å²) < 4.78 is 12.4. The van der Waals surface area contributed by atoms with Crippen LogP contribution in [-0.4, -0.2) is 64.7 Å². The number of carbonyl (C=O) groups excluding carboxylic acids is 1. The first kappa shape index (κ1) is 21.1. The van der Waals surface area contributed by atoms with E-state index in [2.05, 4.69) is 26.3 Å². The highest BCUT2D eigenvalue weighted by Gasteiger charge is 2.34. The summed E-state index contributed by atoms with van der Waals surface area (Å²) in [5, 5.41) is 4.49. The number of carbonyl (C=O) groups is 1. The summed E-state index contributed by atoms with van der Waals surface area (Å²) in [6.07, 6.45) is 7.08. The zero-order valence-corrected chi connectivity index (χ0v) is 18.9. The first-order valence-electron chi connectivity index (χ1n) is 11.1. The van der Waals surface area contributed by atoms with Crippen LogP contribution in [0.25, 0.3) is 10.2 Å². The quantitative estimate of drug-likeness (QED) is 0.586. The van der Waals surface area contributed by atoms with Crippen LogP contribution in [0.4, 0.5) is 5.13 Å². The van der Waals surface area contributed by atoms with E-state index in [1.807, 2.05) is 23.1 Å². The van der Waals surface area contributed by atoms with E-state index in [0.717, 1.165) is 42.0 Å². The minimum atomic E-state index is 0.0442. The number of fused-ring (bicyclic) bond motifs is 1. The number of nitrogens with zero attached hydrogens (tertiary/aromatic N) is 4. The molecule has 0 bridgehead atoms. The molecule has 1 N–H and O–H groups in total. The standard InChI is InChI=1S/C23H27N5O3S/c1-30-14-20(29)28-10-6-15(7-11-28)21-22(25-9-8-24-21)31-17-12-16(13-17)26-23-27-18-4-2-3-5-19(18)32-23/h2-5,8-9,15-17H,6-7,10-14H2,1H3,(H,26,27)/t16-,17-. The van der Waals surface area contributed by atoms with Gasteiger partial charge in [0.15, 0.2) is 5.13 Å². The van der Waals surface area contributed by atoms with Gasteiger partial charge in [0.2, 0.25) is 11.8 Å². The second-order valence-corrected chi connectivity index (χ2v) is 9.40. The van der Waals surface area contributed by atoms with Crippen LogP contribution in [0.2, 0.25) is 0 Å². The van der Waals surface area contributed by atoms with Gasteiger partial charge in [-0.05, 0) is 25.0 Å². The van der Waals surface area contributed by atoms with Crippen molar-refractivity contribution in [1.29, 1.82) is 0 Å². The number of aromatic nitrogens is 3. The average Bonchev–Trinajstić information content (AvgIpc) is 3.21. The Labute approximate surface area is 191 Å². The molecule has 1 aliphatic heterocycles. The first-order chi connectivity index (χ1) is 15.7. The van der Waals surface area contributed by atoms with Crippen LogP contribution in [0.3, 0.4) is 0 Å². The topological polar surface area (TPSA) is 89.5 Å². The fourth-order valence-corrected chi connectivity index (χ4v) is 5.31. The molecule has 32 heavy (non-hydrogen) atoms. The maximum atomic E-state index is 12.1. The molecule has 1 saturated carbocycles. The van der Waals surface area contributed by atoms with Gasteiger partial charge >= 0.3 is 0 Å². The number of thiazole rings is 1. The highest BCUT2D eigenvalue weighted by molar-refractivity contribution is 7.22. The monoisotopic (exact) mass is 453 g/mol. The van der Waals surface area contributed by atoms with Crippen molar-refractivity contribution < 1.29 is 14.3 Å². The molecule has 1 aromatic carbocycles. The molecule has 0 radical (unpaired) electrons. The van der Waals surface area contributed by atoms with Gasteiger partial charge < -0.3 is 19.7 Å². The third-order valence-corrected chi connectivity index (χ3v) is 7.16. The molecule has 2 aromatic heterocycles. The molecule has 8 nitrogen and oxygen atoms in total. The summed E-state index contributed by atoms with van der Waals surface area (Å²) in [7, 11) is 1.55. The van der Waals surface area contributed by atoms with Crippen molar-refractivity contribution in [3.8, 4) is 5.88 Å². The lowest BCUT2D eigenvalue weighted by Crippen LogP contribution is -2.43. The molecule has 2 fully saturated rings. The summed E-state index contributed by atoms with van der Waals surface area (Å²) in [5.41, 5.74) is 1.94. The van der Waals surface area contributed by atoms with E-state index in [1.165, 1.54) is 4.70 Å². The Morgan fingerprint density at radius 1 is 1.19 bits per heavy atom. The fourth-order valence-electron chi connectivity index (χ4n) is 4.37. The van der Waals surface area contributed by atoms with E-state index in [4.69, 9.17) is 9.47 Å². The normalized spacial score (nSPS) is 21.3. The number of nitrogens with one attached hydrogen (secondary N) is 1. The summed E-state index contributed by atoms with van der Waals surface area (Å²) in [4.78, 5) is 27.6. The van der Waals surface area contributed by atoms with E-state index >= 15 is 0 Å². The summed E-state index contributed by atoms with van der Waals surface area (Å²) in [5.74, 6) is 0.933. The molecule has 168 valence electrons. The molecule has 0 atom stereocenters. The van der Waals surface area contributed by atoms with Crippen LogP contribution in [0.1, 0.15) is 37.3 Å². The van der Waals surface area contributed by atoms with Gasteiger partial charge in [-0.25, -0.2) is 9.97 Å². The number of benzene rings is 1. The molecule has 5 rings (SSSR count). The van der Waals surface area contributed by atoms with Gasteiger partial charge in [0.25, 0.3) is 0 Å². The Bertz CT molecular complexity index is 1040. The van der Waals surface area contributed by atoms with Gasteiger partial charge in [-0.15, -0.1) is 0 Å². The average molecular weight is 454 g/mol. The Hall–Kier alpha value is -2.78. The van der Waals surface area contributed by atoms with Crippen molar-refractivity contribution in [2.45, 2.75) is 43.7 Å². The van der Waals surface area contributed by atoms with Gasteiger partial charge in [0.05, 0.1) is 10.2 Å². The van der Waals surface area contributed by atoms with E-state index in [0.29, 0.717) is 25.0 Å². The van der Waals surface area contributed by atoms with Crippen LogP contribution in [0.5, 0.6) is 5.88 Å². The first-order valence-corrected chi connectivity index (χ1v) is 11.9. The Balaban J connectivity index is 1.15. The smallest absolute Gasteiger partial charge is 0.248 e. The lowest BCUT2D eigenvalue weighted by atomic mass is 9.89. The number of hydrogen-bond donors (Lipinski definition) is 1. The summed E-state index contributed by atoms with van der Waals surface area (Å²) in [6.45, 7) is 1.55. The van der Waals surface area contributed by atoms with Crippen LogP contribution >= 0.6 is 11.3 Å². The molecule has 3 heterocycles. The van der Waals surface area contributed by atoms with Crippen molar-refractivity contribution in [2.75, 3.05) is 32.1 Å². The van der Waals surface area contributed by atoms with Crippen LogP contribution in [0, 0.1) is 0 Å². The van der Waals surface area contributed by atoms with Gasteiger partial charge in [-0.3, -0.25) is 9.78 Å². The Kier molecular flexibility index (Phi) is 6.18. The number of anilines is 1. The van der Waals surface area contributed by atoms with Crippen molar-refractivity contribution >= 4 is 32.6 Å². The van der Waals surface area contributed by atoms with Gasteiger partial charge in [0.1, 0.15) is 18.4 Å². The number of piperidine rings is 1. The number of para-hydroxylation sites is 1. The lowest BCUT2D eigenvalue weighted by molar-refractivity contribution is -0.136. The summed E-state index contributed by atoms with van der Waals surface area (Å²) in [6, 6.07) is 8.54. The predicted molar refractivity (Wildman–Crippen MR) is 123 cm³/mol. The minimum Gasteiger partial charge on any atom is -0.473 e. The molecule has 9 heteroatoms. The Morgan fingerprint density at radius 3 is 2.75 bits per heavy atom. The number of ether oxygens (including phenoxy) is 2. The van der Waals surface area contributed by atoms with Crippen LogP contribution < -0.4 is 10.1 Å². The second kappa shape index (κ2) is 9.38. The van der Waals surface area contributed by atoms with Gasteiger partial charge in [-0.1, -0.05) is 23.5 Å². The molecule has 0 unspecified atom stereocenters. The SMILES string of the molecule is COCC(=O)N1CCC(c2nccnc2O[C@H]2C[C@H](Nc3nc4ccccc4s3)C2)CC1. The van der Waals surface area contributed by atoms with Crippen molar-refractivity contribution in [3.05, 3.63) is 42.4 Å². The molecule has 2 aliphatic rings. The van der Waals surface area contributed by atoms with Crippen molar-refractivity contribution in [1.82, 2.24) is 19.9 Å². The molecule has 3 aromatic rings. The molecular formula is C23H27N5O3S. The third-order valence-electron chi connectivity index (χ3n) is 6.19. The van der Waals surface area contributed by atoms with E-state index < -0.39 is 0 Å². The molecular weight excluding hydrogens is 426 g/mol. The zero-order valence-electron chi connectivity index (χ0n) is 18.1. The van der Waals surface area contributed by atoms with Crippen LogP contribution in [-0.2, 0) is 9.53 Å². The number of likely N-dealkylation sites (tertiary alicyclic amines) is 1. The van der Waals surface area contributed by atoms with Gasteiger partial charge in [0, 0.05) is 57.4 Å². The highest BCUT2D eigenvalue weighted by Crippen LogP contribution is 2.35. The fraction of sp³-hybridized carbons (Fsp3) is 0.478. The lowest BCUT2D eigenvalue weighted by Gasteiger charge is -2.36. The molecule has 1 aliphatic carbocycles. The minimum absolute atomic E-state index is 0.0442. The van der Waals surface area contributed by atoms with Gasteiger partial charge in [-0.2, -0.15) is 0 Å². The second-order valence-electron chi connectivity index (χ2n) is 8.37. The van der Waals surface area contributed by atoms with Crippen LogP contribution in [0.15, 0.2) is 36.7 Å². The van der Waals surface area contributed by atoms with Crippen molar-refractivity contribution in [2.24, 2.45) is 0 Å². The molecule has 1 amide bonds. The number of amides is 1. The molecule has 1 saturated heterocycles. The highest BCUT2D eigenvalue weighted by atomic mass is 32.1. The van der Waals surface area contributed by atoms with E-state index in [-0.39, 0.29) is 24.5 Å². The third kappa shape index (κ3) is 4.54. The van der Waals surface area contributed by atoms with E-state index in [1.54, 1.807) is 30.8 Å². The summed E-state index contributed by atoms with van der Waals surface area (Å²) >= 11 is 1.69. The predicted octanol–water partition coefficient (Wildman–Crippen LogP) is 3.46. The maximum Gasteiger partial charge on any atom is 0.248 e. The zero-order chi connectivity index (χ0) is 21.9. The number of rotatable bonds is 7. The largest absolute Gasteiger partial charge is 0.473 e. The molecule has 0 spiro atoms. The maximum absolute atomic E-state index is 12.1. The number of methoxy groups -OCH3 is 1.